The summed E-state index contributed by atoms with van der Waals surface area (Å²) in [6, 6.07) is 0. The van der Waals surface area contributed by atoms with E-state index in [1.54, 1.807) is 11.7 Å². The quantitative estimate of drug-likeness (QED) is 0.822. The van der Waals surface area contributed by atoms with Gasteiger partial charge in [0.1, 0.15) is 11.2 Å². The van der Waals surface area contributed by atoms with Gasteiger partial charge in [-0.25, -0.2) is 4.98 Å². The number of rotatable bonds is 4. The number of aryl methyl sites for hydroxylation is 1. The Labute approximate surface area is 133 Å². The van der Waals surface area contributed by atoms with Gasteiger partial charge in [-0.3, -0.25) is 19.2 Å². The van der Waals surface area contributed by atoms with E-state index in [0.717, 1.165) is 25.9 Å². The Morgan fingerprint density at radius 3 is 2.87 bits per heavy atom. The number of piperidine rings is 1. The molecule has 0 spiro atoms. The highest BCUT2D eigenvalue weighted by Crippen LogP contribution is 2.21. The van der Waals surface area contributed by atoms with Crippen LogP contribution in [0, 0.1) is 5.92 Å². The van der Waals surface area contributed by atoms with Crippen molar-refractivity contribution in [1.29, 1.82) is 0 Å². The van der Waals surface area contributed by atoms with Crippen LogP contribution in [0.3, 0.4) is 0 Å². The second-order valence-corrected chi connectivity index (χ2v) is 6.02. The van der Waals surface area contributed by atoms with Crippen molar-refractivity contribution < 1.29 is 9.53 Å². The first kappa shape index (κ1) is 15.7. The van der Waals surface area contributed by atoms with E-state index >= 15 is 0 Å². The molecule has 0 amide bonds. The minimum atomic E-state index is -0.154. The number of carbonyl (C=O) groups is 1. The first-order valence-electron chi connectivity index (χ1n) is 7.77. The third-order valence-corrected chi connectivity index (χ3v) is 4.41. The molecule has 3 heterocycles. The van der Waals surface area contributed by atoms with Crippen molar-refractivity contribution in [1.82, 2.24) is 24.6 Å². The topological polar surface area (TPSA) is 93.1 Å². The van der Waals surface area contributed by atoms with Crippen molar-refractivity contribution in [2.24, 2.45) is 13.0 Å². The Morgan fingerprint density at radius 1 is 1.43 bits per heavy atom. The number of nitrogens with one attached hydrogen (secondary N) is 1. The minimum Gasteiger partial charge on any atom is -0.469 e. The van der Waals surface area contributed by atoms with Gasteiger partial charge in [0.2, 0.25) is 0 Å². The molecule has 8 nitrogen and oxygen atoms in total. The van der Waals surface area contributed by atoms with E-state index in [2.05, 4.69) is 20.0 Å². The molecule has 2 aromatic heterocycles. The Balaban J connectivity index is 1.64. The number of hydrogen-bond donors (Lipinski definition) is 1. The molecule has 0 bridgehead atoms. The largest absolute Gasteiger partial charge is 0.469 e. The van der Waals surface area contributed by atoms with E-state index in [1.165, 1.54) is 13.3 Å². The molecule has 1 fully saturated rings. The lowest BCUT2D eigenvalue weighted by atomic mass is 9.93. The Morgan fingerprint density at radius 2 is 2.17 bits per heavy atom. The van der Waals surface area contributed by atoms with Crippen LogP contribution < -0.4 is 5.56 Å². The lowest BCUT2D eigenvalue weighted by Gasteiger charge is -2.30. The van der Waals surface area contributed by atoms with E-state index < -0.39 is 0 Å². The highest BCUT2D eigenvalue weighted by Gasteiger charge is 2.22. The van der Waals surface area contributed by atoms with E-state index in [-0.39, 0.29) is 11.5 Å². The lowest BCUT2D eigenvalue weighted by molar-refractivity contribution is -0.142. The second kappa shape index (κ2) is 6.49. The average Bonchev–Trinajstić information content (AvgIpc) is 2.91. The van der Waals surface area contributed by atoms with Gasteiger partial charge in [-0.1, -0.05) is 0 Å². The number of ether oxygens (including phenoxy) is 1. The Bertz CT molecular complexity index is 758. The summed E-state index contributed by atoms with van der Waals surface area (Å²) < 4.78 is 6.33. The standard InChI is InChI=1S/C15H21N5O3/c1-19-14-11(8-16-19)15(22)18-12(17-14)9-20-5-3-10(4-6-20)7-13(21)23-2/h8,10H,3-7,9H2,1-2H3,(H,17,18,22). The number of nitrogens with zero attached hydrogens (tertiary/aromatic N) is 4. The number of likely N-dealkylation sites (tertiary alicyclic amines) is 1. The van der Waals surface area contributed by atoms with Gasteiger partial charge in [0.05, 0.1) is 19.9 Å². The van der Waals surface area contributed by atoms with Crippen molar-refractivity contribution in [3.63, 3.8) is 0 Å². The fourth-order valence-electron chi connectivity index (χ4n) is 3.03. The molecule has 1 aliphatic heterocycles. The van der Waals surface area contributed by atoms with E-state index in [1.807, 2.05) is 0 Å². The van der Waals surface area contributed by atoms with E-state index in [4.69, 9.17) is 4.74 Å². The van der Waals surface area contributed by atoms with Crippen LogP contribution in [-0.4, -0.2) is 50.8 Å². The fourth-order valence-corrected chi connectivity index (χ4v) is 3.03. The smallest absolute Gasteiger partial charge is 0.305 e. The number of fused-ring (bicyclic) bond motifs is 1. The van der Waals surface area contributed by atoms with Gasteiger partial charge in [0.15, 0.2) is 5.65 Å². The number of hydrogen-bond acceptors (Lipinski definition) is 6. The lowest BCUT2D eigenvalue weighted by Crippen LogP contribution is -2.35. The van der Waals surface area contributed by atoms with E-state index in [9.17, 15) is 9.59 Å². The normalized spacial score (nSPS) is 16.8. The second-order valence-electron chi connectivity index (χ2n) is 6.02. The fraction of sp³-hybridized carbons (Fsp3) is 0.600. The van der Waals surface area contributed by atoms with Crippen molar-refractivity contribution >= 4 is 17.0 Å². The third kappa shape index (κ3) is 3.42. The zero-order chi connectivity index (χ0) is 16.4. The molecule has 0 saturated carbocycles. The maximum atomic E-state index is 12.0. The summed E-state index contributed by atoms with van der Waals surface area (Å²) in [6.07, 6.45) is 3.92. The zero-order valence-corrected chi connectivity index (χ0v) is 13.4. The number of carbonyl (C=O) groups excluding carboxylic acids is 1. The minimum absolute atomic E-state index is 0.142. The summed E-state index contributed by atoms with van der Waals surface area (Å²) in [6.45, 7) is 2.37. The molecular formula is C15H21N5O3. The molecule has 2 aromatic rings. The zero-order valence-electron chi connectivity index (χ0n) is 13.4. The van der Waals surface area contributed by atoms with Crippen LogP contribution in [0.4, 0.5) is 0 Å². The van der Waals surface area contributed by atoms with Crippen LogP contribution in [0.5, 0.6) is 0 Å². The van der Waals surface area contributed by atoms with Gasteiger partial charge in [-0.2, -0.15) is 5.10 Å². The number of aromatic amines is 1. The van der Waals surface area contributed by atoms with Crippen LogP contribution >= 0.6 is 0 Å². The van der Waals surface area contributed by atoms with Gasteiger partial charge < -0.3 is 9.72 Å². The average molecular weight is 319 g/mol. The maximum absolute atomic E-state index is 12.0. The van der Waals surface area contributed by atoms with Gasteiger partial charge in [0.25, 0.3) is 5.56 Å². The van der Waals surface area contributed by atoms with Crippen LogP contribution in [0.25, 0.3) is 11.0 Å². The van der Waals surface area contributed by atoms with Gasteiger partial charge in [-0.05, 0) is 31.8 Å². The predicted octanol–water partition coefficient (Wildman–Crippen LogP) is 0.432. The molecule has 1 saturated heterocycles. The van der Waals surface area contributed by atoms with Crippen LogP contribution in [-0.2, 0) is 23.1 Å². The molecule has 1 aliphatic rings. The molecular weight excluding hydrogens is 298 g/mol. The van der Waals surface area contributed by atoms with E-state index in [0.29, 0.717) is 35.7 Å². The molecule has 3 rings (SSSR count). The molecule has 0 aliphatic carbocycles. The van der Waals surface area contributed by atoms with Gasteiger partial charge in [0, 0.05) is 13.5 Å². The number of H-pyrrole nitrogens is 1. The van der Waals surface area contributed by atoms with Crippen LogP contribution in [0.1, 0.15) is 25.1 Å². The molecule has 124 valence electrons. The molecule has 0 unspecified atom stereocenters. The summed E-state index contributed by atoms with van der Waals surface area (Å²) >= 11 is 0. The van der Waals surface area contributed by atoms with Crippen molar-refractivity contribution in [2.75, 3.05) is 20.2 Å². The maximum Gasteiger partial charge on any atom is 0.305 e. The summed E-state index contributed by atoms with van der Waals surface area (Å²) in [7, 11) is 3.20. The van der Waals surface area contributed by atoms with Crippen LogP contribution in [0.2, 0.25) is 0 Å². The first-order chi connectivity index (χ1) is 11.1. The molecule has 23 heavy (non-hydrogen) atoms. The Kier molecular flexibility index (Phi) is 4.42. The van der Waals surface area contributed by atoms with Crippen molar-refractivity contribution in [3.05, 3.63) is 22.4 Å². The molecule has 0 aromatic carbocycles. The monoisotopic (exact) mass is 319 g/mol. The number of methoxy groups -OCH3 is 1. The highest BCUT2D eigenvalue weighted by atomic mass is 16.5. The summed E-state index contributed by atoms with van der Waals surface area (Å²) in [5.74, 6) is 0.888. The number of esters is 1. The molecule has 1 N–H and O–H groups in total. The van der Waals surface area contributed by atoms with Crippen molar-refractivity contribution in [2.45, 2.75) is 25.8 Å². The molecule has 0 radical (unpaired) electrons. The SMILES string of the molecule is COC(=O)CC1CCN(Cc2nc3c(cnn3C)c(=O)[nH]2)CC1. The first-order valence-corrected chi connectivity index (χ1v) is 7.77. The van der Waals surface area contributed by atoms with Gasteiger partial charge in [-0.15, -0.1) is 0 Å². The highest BCUT2D eigenvalue weighted by molar-refractivity contribution is 5.72. The van der Waals surface area contributed by atoms with Gasteiger partial charge >= 0.3 is 5.97 Å². The van der Waals surface area contributed by atoms with Crippen molar-refractivity contribution in [3.8, 4) is 0 Å². The third-order valence-electron chi connectivity index (χ3n) is 4.41. The summed E-state index contributed by atoms with van der Waals surface area (Å²) in [4.78, 5) is 32.9. The summed E-state index contributed by atoms with van der Waals surface area (Å²) in [5.41, 5.74) is 0.447. The van der Waals surface area contributed by atoms with Crippen LogP contribution in [0.15, 0.2) is 11.0 Å². The predicted molar refractivity (Wildman–Crippen MR) is 83.8 cm³/mol. The summed E-state index contributed by atoms with van der Waals surface area (Å²) in [5, 5.41) is 4.57. The number of aromatic nitrogens is 4. The molecule has 8 heteroatoms. The molecule has 0 atom stereocenters. The Hall–Kier alpha value is -2.22.